The summed E-state index contributed by atoms with van der Waals surface area (Å²) in [5.74, 6) is 7.03. The number of aryl methyl sites for hydroxylation is 1. The highest BCUT2D eigenvalue weighted by Crippen LogP contribution is 2.37. The van der Waals surface area contributed by atoms with E-state index in [1.807, 2.05) is 33.8 Å². The molecule has 6 rings (SSSR count). The van der Waals surface area contributed by atoms with E-state index in [4.69, 9.17) is 10.8 Å². The van der Waals surface area contributed by atoms with Crippen LogP contribution >= 0.6 is 0 Å². The number of nitrogens with one attached hydrogen (secondary N) is 1. The first kappa shape index (κ1) is 19.9. The Kier molecular flexibility index (Phi) is 4.66. The summed E-state index contributed by atoms with van der Waals surface area (Å²) in [5.41, 5.74) is 10.0. The van der Waals surface area contributed by atoms with Crippen molar-refractivity contribution < 1.29 is 4.79 Å². The average molecular weight is 440 g/mol. The van der Waals surface area contributed by atoms with Crippen LogP contribution in [0.4, 0.5) is 5.82 Å². The molecule has 33 heavy (non-hydrogen) atoms. The molecular weight excluding hydrogens is 414 g/mol. The zero-order valence-electron chi connectivity index (χ0n) is 18.5. The van der Waals surface area contributed by atoms with Crippen molar-refractivity contribution in [2.45, 2.75) is 38.8 Å². The minimum absolute atomic E-state index is 0.0906. The van der Waals surface area contributed by atoms with Crippen LogP contribution in [0.2, 0.25) is 0 Å². The molecule has 0 bridgehead atoms. The summed E-state index contributed by atoms with van der Waals surface area (Å²) < 4.78 is 3.87. The number of aromatic nitrogens is 5. The topological polar surface area (TPSA) is 104 Å². The number of carbonyl (C=O) groups is 1. The van der Waals surface area contributed by atoms with Crippen LogP contribution in [0.25, 0.3) is 21.8 Å². The predicted molar refractivity (Wildman–Crippen MR) is 127 cm³/mol. The molecule has 0 amide bonds. The lowest BCUT2D eigenvalue weighted by atomic mass is 10.0. The molecule has 4 heterocycles. The molecule has 166 valence electrons. The van der Waals surface area contributed by atoms with Gasteiger partial charge < -0.3 is 11.1 Å². The van der Waals surface area contributed by atoms with Crippen LogP contribution in [0.1, 0.15) is 53.8 Å². The van der Waals surface area contributed by atoms with Gasteiger partial charge >= 0.3 is 0 Å². The van der Waals surface area contributed by atoms with Gasteiger partial charge in [-0.3, -0.25) is 14.2 Å². The van der Waals surface area contributed by atoms with E-state index in [1.54, 1.807) is 6.20 Å². The van der Waals surface area contributed by atoms with Gasteiger partial charge in [0.05, 0.1) is 28.0 Å². The summed E-state index contributed by atoms with van der Waals surface area (Å²) in [7, 11) is 0. The highest BCUT2D eigenvalue weighted by atomic mass is 16.1. The van der Waals surface area contributed by atoms with E-state index >= 15 is 0 Å². The molecule has 1 aromatic carbocycles. The van der Waals surface area contributed by atoms with Crippen molar-refractivity contribution in [3.63, 3.8) is 0 Å². The number of Topliss-reactive ketones (excluding diaryl/α,β-unsaturated/α-hetero) is 1. The lowest BCUT2D eigenvalue weighted by molar-refractivity contribution is 0.0968. The Morgan fingerprint density at radius 3 is 2.88 bits per heavy atom. The van der Waals surface area contributed by atoms with Crippen molar-refractivity contribution >= 4 is 33.4 Å². The maximum Gasteiger partial charge on any atom is 0.169 e. The van der Waals surface area contributed by atoms with Crippen LogP contribution < -0.4 is 11.1 Å². The predicted octanol–water partition coefficient (Wildman–Crippen LogP) is 2.91. The molecule has 8 heteroatoms. The Morgan fingerprint density at radius 1 is 1.24 bits per heavy atom. The third-order valence-corrected chi connectivity index (χ3v) is 6.55. The van der Waals surface area contributed by atoms with Gasteiger partial charge in [-0.05, 0) is 56.9 Å². The van der Waals surface area contributed by atoms with Crippen LogP contribution in [0.15, 0.2) is 30.6 Å². The third-order valence-electron chi connectivity index (χ3n) is 6.55. The van der Waals surface area contributed by atoms with Gasteiger partial charge in [0.1, 0.15) is 11.5 Å². The fourth-order valence-corrected chi connectivity index (χ4v) is 4.58. The number of anilines is 1. The van der Waals surface area contributed by atoms with Crippen molar-refractivity contribution in [1.29, 1.82) is 0 Å². The molecule has 1 aliphatic heterocycles. The van der Waals surface area contributed by atoms with Crippen LogP contribution in [0.3, 0.4) is 0 Å². The number of nitrogen functional groups attached to an aromatic ring is 1. The molecule has 0 radical (unpaired) electrons. The summed E-state index contributed by atoms with van der Waals surface area (Å²) in [4.78, 5) is 17.4. The van der Waals surface area contributed by atoms with Crippen LogP contribution in [-0.2, 0) is 6.54 Å². The van der Waals surface area contributed by atoms with Gasteiger partial charge in [0.2, 0.25) is 0 Å². The third kappa shape index (κ3) is 3.45. The van der Waals surface area contributed by atoms with Gasteiger partial charge in [-0.1, -0.05) is 5.92 Å². The van der Waals surface area contributed by atoms with E-state index in [9.17, 15) is 4.79 Å². The number of ketones is 1. The fourth-order valence-electron chi connectivity index (χ4n) is 4.58. The molecule has 1 saturated carbocycles. The maximum atomic E-state index is 13.1. The number of nitrogens with two attached hydrogens (primary N) is 1. The largest absolute Gasteiger partial charge is 0.383 e. The quantitative estimate of drug-likeness (QED) is 0.374. The lowest BCUT2D eigenvalue weighted by Crippen LogP contribution is -2.16. The smallest absolute Gasteiger partial charge is 0.169 e. The first-order valence-corrected chi connectivity index (χ1v) is 11.5. The Bertz CT molecular complexity index is 1460. The normalized spacial score (nSPS) is 18.0. The Hall–Kier alpha value is -3.70. The van der Waals surface area contributed by atoms with E-state index in [-0.39, 0.29) is 17.7 Å². The minimum Gasteiger partial charge on any atom is -0.383 e. The number of nitrogens with zero attached hydrogens (tertiary/aromatic N) is 5. The van der Waals surface area contributed by atoms with Gasteiger partial charge in [0, 0.05) is 42.4 Å². The summed E-state index contributed by atoms with van der Waals surface area (Å²) in [6.45, 7) is 4.61. The van der Waals surface area contributed by atoms with Crippen LogP contribution in [0, 0.1) is 17.8 Å². The second kappa shape index (κ2) is 7.71. The highest BCUT2D eigenvalue weighted by molar-refractivity contribution is 6.11. The van der Waals surface area contributed by atoms with E-state index in [1.165, 1.54) is 0 Å². The van der Waals surface area contributed by atoms with Crippen molar-refractivity contribution in [2.24, 2.45) is 5.92 Å². The molecule has 1 atom stereocenters. The Labute approximate surface area is 191 Å². The first-order chi connectivity index (χ1) is 16.1. The summed E-state index contributed by atoms with van der Waals surface area (Å²) in [5, 5.41) is 14.6. The zero-order chi connectivity index (χ0) is 22.5. The highest BCUT2D eigenvalue weighted by Gasteiger charge is 2.34. The van der Waals surface area contributed by atoms with Gasteiger partial charge in [0.25, 0.3) is 0 Å². The van der Waals surface area contributed by atoms with Crippen molar-refractivity contribution in [2.75, 3.05) is 18.8 Å². The second-order valence-corrected chi connectivity index (χ2v) is 8.87. The SMILES string of the molecule is CCn1cc2ccc(C#Cc3nn(C4CCNC4)c4c(C(=O)C5CC5)cnc(N)c34)cc2n1. The molecule has 1 unspecified atom stereocenters. The van der Waals surface area contributed by atoms with Crippen molar-refractivity contribution in [3.8, 4) is 11.8 Å². The number of hydrogen-bond acceptors (Lipinski definition) is 6. The molecule has 4 aromatic rings. The lowest BCUT2D eigenvalue weighted by Gasteiger charge is -2.13. The zero-order valence-corrected chi connectivity index (χ0v) is 18.5. The Morgan fingerprint density at radius 2 is 2.12 bits per heavy atom. The molecule has 8 nitrogen and oxygen atoms in total. The second-order valence-electron chi connectivity index (χ2n) is 8.87. The van der Waals surface area contributed by atoms with Gasteiger partial charge in [-0.25, -0.2) is 4.98 Å². The Balaban J connectivity index is 1.49. The number of benzene rings is 1. The van der Waals surface area contributed by atoms with Crippen molar-refractivity contribution in [3.05, 3.63) is 47.4 Å². The summed E-state index contributed by atoms with van der Waals surface area (Å²) in [6, 6.07) is 6.16. The maximum absolute atomic E-state index is 13.1. The monoisotopic (exact) mass is 439 g/mol. The molecular formula is C25H25N7O. The van der Waals surface area contributed by atoms with E-state index < -0.39 is 0 Å². The first-order valence-electron chi connectivity index (χ1n) is 11.5. The molecule has 2 aliphatic rings. The fraction of sp³-hybridized carbons (Fsp3) is 0.360. The number of pyridine rings is 1. The molecule has 1 saturated heterocycles. The number of carbonyl (C=O) groups excluding carboxylic acids is 1. The number of rotatable bonds is 4. The molecule has 0 spiro atoms. The van der Waals surface area contributed by atoms with Crippen molar-refractivity contribution in [1.82, 2.24) is 29.9 Å². The molecule has 3 aromatic heterocycles. The van der Waals surface area contributed by atoms with E-state index in [0.29, 0.717) is 22.5 Å². The standard InChI is InChI=1S/C25H25N7O/c1-2-31-14-17-5-3-15(11-21(17)29-31)4-8-20-22-23(32(30-20)18-9-10-27-12-18)19(13-28-25(22)26)24(33)16-6-7-16/h3,5,11,13-14,16,18,27H,2,6-7,9-10,12H2,1H3,(H2,26,28). The van der Waals surface area contributed by atoms with Crippen LogP contribution in [-0.4, -0.2) is 43.4 Å². The number of hydrogen-bond donors (Lipinski definition) is 2. The number of fused-ring (bicyclic) bond motifs is 2. The average Bonchev–Trinajstić information content (AvgIpc) is 3.22. The van der Waals surface area contributed by atoms with Crippen LogP contribution in [0.5, 0.6) is 0 Å². The van der Waals surface area contributed by atoms with Gasteiger partial charge in [-0.2, -0.15) is 10.2 Å². The molecule has 1 aliphatic carbocycles. The van der Waals surface area contributed by atoms with E-state index in [2.05, 4.69) is 34.2 Å². The van der Waals surface area contributed by atoms with E-state index in [0.717, 1.165) is 60.9 Å². The minimum atomic E-state index is 0.0906. The summed E-state index contributed by atoms with van der Waals surface area (Å²) >= 11 is 0. The summed E-state index contributed by atoms with van der Waals surface area (Å²) in [6.07, 6.45) is 6.47. The van der Waals surface area contributed by atoms with Gasteiger partial charge in [0.15, 0.2) is 5.78 Å². The molecule has 3 N–H and O–H groups in total. The van der Waals surface area contributed by atoms with Gasteiger partial charge in [-0.15, -0.1) is 0 Å². The molecule has 2 fully saturated rings.